The summed E-state index contributed by atoms with van der Waals surface area (Å²) in [4.78, 5) is 26.5. The molecule has 0 aliphatic heterocycles. The Hall–Kier alpha value is -1.50. The average molecular weight is 582 g/mol. The van der Waals surface area contributed by atoms with Crippen molar-refractivity contribution in [2.75, 3.05) is 32.7 Å². The minimum atomic E-state index is -0.514. The van der Waals surface area contributed by atoms with E-state index in [1.54, 1.807) is 0 Å². The molecular weight excluding hydrogens is 514 g/mol. The summed E-state index contributed by atoms with van der Waals surface area (Å²) in [6, 6.07) is 0. The number of amides is 2. The molecule has 1 saturated carbocycles. The standard InChI is InChI=1S/C34H67N3O4/c1-33(2,3)40-31(38)36-26-20-22-28-37(32(39)41-34(4,5)6)27-21-19-25-35-29-30-23-17-15-13-11-9-7-8-10-12-14-16-18-24-30/h30,35H,7-29H2,1-6H3,(H,36,38). The molecule has 0 bridgehead atoms. The number of unbranched alkanes of at least 4 members (excludes halogenated alkanes) is 2. The monoisotopic (exact) mass is 582 g/mol. The molecule has 0 aromatic carbocycles. The van der Waals surface area contributed by atoms with E-state index in [-0.39, 0.29) is 6.09 Å². The second kappa shape index (κ2) is 22.1. The van der Waals surface area contributed by atoms with Crippen molar-refractivity contribution in [3.8, 4) is 0 Å². The molecule has 1 aliphatic rings. The predicted octanol–water partition coefficient (Wildman–Crippen LogP) is 8.99. The Labute approximate surface area is 253 Å². The fourth-order valence-electron chi connectivity index (χ4n) is 5.39. The van der Waals surface area contributed by atoms with E-state index in [0.29, 0.717) is 19.6 Å². The number of ether oxygens (including phenoxy) is 2. The number of hydrogen-bond acceptors (Lipinski definition) is 5. The minimum Gasteiger partial charge on any atom is -0.444 e. The zero-order valence-electron chi connectivity index (χ0n) is 27.9. The van der Waals surface area contributed by atoms with Crippen LogP contribution in [0.1, 0.15) is 157 Å². The van der Waals surface area contributed by atoms with Crippen LogP contribution >= 0.6 is 0 Å². The van der Waals surface area contributed by atoms with Gasteiger partial charge in [0, 0.05) is 19.6 Å². The number of carbonyl (C=O) groups excluding carboxylic acids is 2. The number of carbonyl (C=O) groups is 2. The summed E-state index contributed by atoms with van der Waals surface area (Å²) in [5.74, 6) is 0.799. The van der Waals surface area contributed by atoms with Crippen LogP contribution in [0.4, 0.5) is 9.59 Å². The largest absolute Gasteiger partial charge is 0.444 e. The van der Waals surface area contributed by atoms with Crippen molar-refractivity contribution < 1.29 is 19.1 Å². The Kier molecular flexibility index (Phi) is 20.2. The van der Waals surface area contributed by atoms with Gasteiger partial charge in [-0.1, -0.05) is 77.0 Å². The molecular formula is C34H67N3O4. The molecule has 1 aliphatic carbocycles. The SMILES string of the molecule is CC(C)(C)OC(=O)NCCCCN(CCCCNCC1CCCCCCCCCCCCCC1)C(=O)OC(C)(C)C. The van der Waals surface area contributed by atoms with Crippen LogP contribution in [0.15, 0.2) is 0 Å². The minimum absolute atomic E-state index is 0.249. The first-order valence-electron chi connectivity index (χ1n) is 17.1. The van der Waals surface area contributed by atoms with Gasteiger partial charge in [0.15, 0.2) is 0 Å². The van der Waals surface area contributed by atoms with Crippen molar-refractivity contribution in [3.05, 3.63) is 0 Å². The molecule has 0 aromatic rings. The fourth-order valence-corrected chi connectivity index (χ4v) is 5.39. The van der Waals surface area contributed by atoms with Gasteiger partial charge in [0.25, 0.3) is 0 Å². The molecule has 7 nitrogen and oxygen atoms in total. The van der Waals surface area contributed by atoms with Crippen LogP contribution in [0.5, 0.6) is 0 Å². The molecule has 242 valence electrons. The van der Waals surface area contributed by atoms with Gasteiger partial charge in [-0.3, -0.25) is 0 Å². The second-order valence-electron chi connectivity index (χ2n) is 14.2. The lowest BCUT2D eigenvalue weighted by molar-refractivity contribution is 0.0242. The summed E-state index contributed by atoms with van der Waals surface area (Å²) >= 11 is 0. The van der Waals surface area contributed by atoms with Crippen LogP contribution in [0.3, 0.4) is 0 Å². The first kappa shape index (κ1) is 37.5. The summed E-state index contributed by atoms with van der Waals surface area (Å²) in [7, 11) is 0. The van der Waals surface area contributed by atoms with Gasteiger partial charge in [-0.05, 0) is 99.1 Å². The Bertz CT molecular complexity index is 656. The Morgan fingerprint density at radius 3 is 1.54 bits per heavy atom. The second-order valence-corrected chi connectivity index (χ2v) is 14.2. The number of alkyl carbamates (subject to hydrolysis) is 1. The molecule has 2 amide bonds. The van der Waals surface area contributed by atoms with E-state index >= 15 is 0 Å². The normalized spacial score (nSPS) is 17.2. The van der Waals surface area contributed by atoms with E-state index < -0.39 is 17.3 Å². The maximum absolute atomic E-state index is 12.8. The molecule has 0 heterocycles. The van der Waals surface area contributed by atoms with Crippen LogP contribution in [-0.4, -0.2) is 61.0 Å². The molecule has 0 unspecified atom stereocenters. The van der Waals surface area contributed by atoms with Crippen molar-refractivity contribution in [3.63, 3.8) is 0 Å². The van der Waals surface area contributed by atoms with Gasteiger partial charge >= 0.3 is 12.2 Å². The summed E-state index contributed by atoms with van der Waals surface area (Å²) in [5.41, 5.74) is -1.02. The van der Waals surface area contributed by atoms with E-state index in [4.69, 9.17) is 9.47 Å². The first-order chi connectivity index (χ1) is 19.5. The Morgan fingerprint density at radius 2 is 1.07 bits per heavy atom. The van der Waals surface area contributed by atoms with Crippen LogP contribution < -0.4 is 10.6 Å². The summed E-state index contributed by atoms with van der Waals surface area (Å²) in [6.07, 6.45) is 22.6. The number of nitrogens with one attached hydrogen (secondary N) is 2. The highest BCUT2D eigenvalue weighted by molar-refractivity contribution is 5.68. The molecule has 0 spiro atoms. The van der Waals surface area contributed by atoms with Crippen molar-refractivity contribution in [2.24, 2.45) is 5.92 Å². The quantitative estimate of drug-likeness (QED) is 0.225. The maximum atomic E-state index is 12.8. The molecule has 2 N–H and O–H groups in total. The highest BCUT2D eigenvalue weighted by Gasteiger charge is 2.22. The van der Waals surface area contributed by atoms with Crippen LogP contribution in [0.2, 0.25) is 0 Å². The molecule has 41 heavy (non-hydrogen) atoms. The predicted molar refractivity (Wildman–Crippen MR) is 172 cm³/mol. The third-order valence-electron chi connectivity index (χ3n) is 7.61. The smallest absolute Gasteiger partial charge is 0.410 e. The third-order valence-corrected chi connectivity index (χ3v) is 7.61. The van der Waals surface area contributed by atoms with Gasteiger partial charge in [-0.2, -0.15) is 0 Å². The molecule has 0 saturated heterocycles. The lowest BCUT2D eigenvalue weighted by atomic mass is 9.94. The fraction of sp³-hybridized carbons (Fsp3) is 0.941. The van der Waals surface area contributed by atoms with Crippen LogP contribution in [-0.2, 0) is 9.47 Å². The third kappa shape index (κ3) is 23.7. The van der Waals surface area contributed by atoms with Crippen molar-refractivity contribution in [2.45, 2.75) is 168 Å². The number of nitrogens with zero attached hydrogens (tertiary/aromatic N) is 1. The summed E-state index contributed by atoms with van der Waals surface area (Å²) in [6.45, 7) is 15.3. The van der Waals surface area contributed by atoms with E-state index in [2.05, 4.69) is 10.6 Å². The highest BCUT2D eigenvalue weighted by Crippen LogP contribution is 2.20. The lowest BCUT2D eigenvalue weighted by Crippen LogP contribution is -2.38. The van der Waals surface area contributed by atoms with E-state index in [0.717, 1.165) is 44.7 Å². The van der Waals surface area contributed by atoms with Gasteiger partial charge < -0.3 is 25.0 Å². The number of hydrogen-bond donors (Lipinski definition) is 2. The zero-order valence-corrected chi connectivity index (χ0v) is 27.9. The average Bonchev–Trinajstić information content (AvgIpc) is 2.87. The molecule has 1 fully saturated rings. The van der Waals surface area contributed by atoms with E-state index in [9.17, 15) is 9.59 Å². The summed E-state index contributed by atoms with van der Waals surface area (Å²) in [5, 5.41) is 6.54. The van der Waals surface area contributed by atoms with Gasteiger partial charge in [-0.15, -0.1) is 0 Å². The van der Waals surface area contributed by atoms with Gasteiger partial charge in [0.1, 0.15) is 11.2 Å². The maximum Gasteiger partial charge on any atom is 0.410 e. The van der Waals surface area contributed by atoms with E-state index in [1.807, 2.05) is 46.4 Å². The topological polar surface area (TPSA) is 79.9 Å². The molecule has 0 aromatic heterocycles. The summed E-state index contributed by atoms with van der Waals surface area (Å²) < 4.78 is 11.0. The lowest BCUT2D eigenvalue weighted by Gasteiger charge is -2.27. The highest BCUT2D eigenvalue weighted by atomic mass is 16.6. The van der Waals surface area contributed by atoms with Crippen molar-refractivity contribution in [1.29, 1.82) is 0 Å². The van der Waals surface area contributed by atoms with Crippen molar-refractivity contribution in [1.82, 2.24) is 15.5 Å². The number of rotatable bonds is 12. The molecule has 1 rings (SSSR count). The van der Waals surface area contributed by atoms with Gasteiger partial charge in [-0.25, -0.2) is 9.59 Å². The molecule has 7 heteroatoms. The van der Waals surface area contributed by atoms with Gasteiger partial charge in [0.05, 0.1) is 0 Å². The van der Waals surface area contributed by atoms with Crippen molar-refractivity contribution >= 4 is 12.2 Å². The molecule has 0 atom stereocenters. The molecule has 0 radical (unpaired) electrons. The zero-order chi connectivity index (χ0) is 30.4. The van der Waals surface area contributed by atoms with Gasteiger partial charge in [0.2, 0.25) is 0 Å². The Morgan fingerprint density at radius 1 is 0.634 bits per heavy atom. The van der Waals surface area contributed by atoms with Crippen LogP contribution in [0, 0.1) is 5.92 Å². The van der Waals surface area contributed by atoms with E-state index in [1.165, 1.54) is 89.9 Å². The Balaban J connectivity index is 2.36. The van der Waals surface area contributed by atoms with Crippen LogP contribution in [0.25, 0.3) is 0 Å². The first-order valence-corrected chi connectivity index (χ1v) is 17.1.